The lowest BCUT2D eigenvalue weighted by molar-refractivity contribution is 0.204. The molecule has 174 valence electrons. The summed E-state index contributed by atoms with van der Waals surface area (Å²) >= 11 is 4.52. The van der Waals surface area contributed by atoms with E-state index in [0.29, 0.717) is 12.5 Å². The Morgan fingerprint density at radius 2 is 1.73 bits per heavy atom. The van der Waals surface area contributed by atoms with Gasteiger partial charge in [-0.05, 0) is 55.9 Å². The fourth-order valence-electron chi connectivity index (χ4n) is 4.34. The van der Waals surface area contributed by atoms with E-state index in [0.717, 1.165) is 48.0 Å². The Balaban J connectivity index is 1.32. The number of aromatic nitrogens is 2. The smallest absolute Gasteiger partial charge is 0.327 e. The molecule has 7 nitrogen and oxygen atoms in total. The molecule has 0 bridgehead atoms. The normalized spacial score (nSPS) is 18.1. The Morgan fingerprint density at radius 1 is 1.03 bits per heavy atom. The molecule has 4 rings (SSSR count). The number of anilines is 2. The van der Waals surface area contributed by atoms with Crippen LogP contribution < -0.4 is 15.5 Å². The van der Waals surface area contributed by atoms with Gasteiger partial charge in [-0.1, -0.05) is 49.2 Å². The third kappa shape index (κ3) is 5.50. The molecule has 0 saturated heterocycles. The first kappa shape index (κ1) is 23.2. The Morgan fingerprint density at radius 3 is 2.45 bits per heavy atom. The van der Waals surface area contributed by atoms with Crippen LogP contribution in [0.15, 0.2) is 48.5 Å². The van der Waals surface area contributed by atoms with Crippen molar-refractivity contribution in [1.82, 2.24) is 19.6 Å². The maximum Gasteiger partial charge on any atom is 0.327 e. The third-order valence-electron chi connectivity index (χ3n) is 6.28. The highest BCUT2D eigenvalue weighted by atomic mass is 32.1. The number of carbonyl (C=O) groups excluding carboxylic acids is 1. The van der Waals surface area contributed by atoms with Gasteiger partial charge in [0.2, 0.25) is 5.95 Å². The van der Waals surface area contributed by atoms with Crippen LogP contribution in [0.5, 0.6) is 0 Å². The monoisotopic (exact) mass is 464 g/mol. The first-order valence-corrected chi connectivity index (χ1v) is 11.8. The average molecular weight is 465 g/mol. The number of rotatable bonds is 6. The fourth-order valence-corrected chi connectivity index (χ4v) is 4.64. The van der Waals surface area contributed by atoms with E-state index >= 15 is 0 Å². The van der Waals surface area contributed by atoms with Crippen LogP contribution in [-0.2, 0) is 6.54 Å². The number of benzene rings is 2. The number of thiol groups is 1. The summed E-state index contributed by atoms with van der Waals surface area (Å²) in [6.45, 7) is 2.56. The average Bonchev–Trinajstić information content (AvgIpc) is 2.82. The number of nitrogens with zero attached hydrogens (tertiary/aromatic N) is 4. The lowest BCUT2D eigenvalue weighted by Crippen LogP contribution is -2.43. The molecule has 2 amide bonds. The van der Waals surface area contributed by atoms with Gasteiger partial charge in [0.05, 0.1) is 5.52 Å². The Labute approximate surface area is 201 Å². The van der Waals surface area contributed by atoms with Crippen LogP contribution in [0.2, 0.25) is 0 Å². The number of urea groups is 1. The van der Waals surface area contributed by atoms with E-state index in [1.807, 2.05) is 61.5 Å². The highest BCUT2D eigenvalue weighted by molar-refractivity contribution is 7.78. The molecule has 0 unspecified atom stereocenters. The molecular weight excluding hydrogens is 432 g/mol. The first-order valence-electron chi connectivity index (χ1n) is 11.4. The van der Waals surface area contributed by atoms with Gasteiger partial charge in [-0.15, -0.1) is 0 Å². The lowest BCUT2D eigenvalue weighted by atomic mass is 9.91. The van der Waals surface area contributed by atoms with Crippen molar-refractivity contribution < 1.29 is 4.79 Å². The second-order valence-electron chi connectivity index (χ2n) is 8.86. The summed E-state index contributed by atoms with van der Waals surface area (Å²) in [5.74, 6) is 1.56. The molecule has 1 aliphatic carbocycles. The quantitative estimate of drug-likeness (QED) is 0.458. The molecule has 0 radical (unpaired) electrons. The summed E-state index contributed by atoms with van der Waals surface area (Å²) in [6, 6.07) is 16.4. The van der Waals surface area contributed by atoms with E-state index in [-0.39, 0.29) is 18.1 Å². The fraction of sp³-hybridized carbons (Fsp3) is 0.400. The maximum absolute atomic E-state index is 12.6. The van der Waals surface area contributed by atoms with E-state index in [1.54, 1.807) is 4.31 Å². The number of hydrogen-bond acceptors (Lipinski definition) is 6. The van der Waals surface area contributed by atoms with Crippen LogP contribution in [-0.4, -0.2) is 46.5 Å². The van der Waals surface area contributed by atoms with E-state index in [9.17, 15) is 4.79 Å². The highest BCUT2D eigenvalue weighted by Crippen LogP contribution is 2.28. The number of amides is 2. The SMILES string of the molecule is Cc1ccccc1CNC(=O)N(S)C1CCC(Nc2nc(N(C)C)c3ccccc3n2)CC1. The van der Waals surface area contributed by atoms with Gasteiger partial charge in [-0.25, -0.2) is 9.78 Å². The second kappa shape index (κ2) is 10.3. The highest BCUT2D eigenvalue weighted by Gasteiger charge is 2.28. The summed E-state index contributed by atoms with van der Waals surface area (Å²) < 4.78 is 1.56. The van der Waals surface area contributed by atoms with E-state index in [4.69, 9.17) is 9.97 Å². The van der Waals surface area contributed by atoms with E-state index in [2.05, 4.69) is 36.4 Å². The summed E-state index contributed by atoms with van der Waals surface area (Å²) in [5, 5.41) is 7.55. The molecule has 1 aliphatic rings. The van der Waals surface area contributed by atoms with Crippen molar-refractivity contribution in [2.45, 2.75) is 51.2 Å². The molecule has 33 heavy (non-hydrogen) atoms. The van der Waals surface area contributed by atoms with Crippen LogP contribution in [0, 0.1) is 6.92 Å². The zero-order valence-electron chi connectivity index (χ0n) is 19.5. The van der Waals surface area contributed by atoms with Gasteiger partial charge >= 0.3 is 6.03 Å². The van der Waals surface area contributed by atoms with Crippen LogP contribution in [0.3, 0.4) is 0 Å². The topological polar surface area (TPSA) is 73.4 Å². The number of carbonyl (C=O) groups is 1. The predicted octanol–water partition coefficient (Wildman–Crippen LogP) is 4.78. The molecule has 0 spiro atoms. The summed E-state index contributed by atoms with van der Waals surface area (Å²) in [4.78, 5) is 24.1. The Hall–Kier alpha value is -3.00. The zero-order valence-corrected chi connectivity index (χ0v) is 20.3. The molecule has 3 aromatic rings. The van der Waals surface area contributed by atoms with E-state index in [1.165, 1.54) is 5.56 Å². The van der Waals surface area contributed by atoms with Gasteiger partial charge in [0.1, 0.15) is 5.82 Å². The van der Waals surface area contributed by atoms with Crippen molar-refractivity contribution >= 4 is 41.5 Å². The molecule has 1 aromatic heterocycles. The molecule has 0 atom stereocenters. The lowest BCUT2D eigenvalue weighted by Gasteiger charge is -2.34. The first-order chi connectivity index (χ1) is 15.9. The molecule has 1 heterocycles. The third-order valence-corrected chi connectivity index (χ3v) is 6.79. The van der Waals surface area contributed by atoms with Crippen molar-refractivity contribution in [1.29, 1.82) is 0 Å². The van der Waals surface area contributed by atoms with Crippen molar-refractivity contribution in [3.63, 3.8) is 0 Å². The minimum Gasteiger partial charge on any atom is -0.362 e. The summed E-state index contributed by atoms with van der Waals surface area (Å²) in [7, 11) is 3.99. The largest absolute Gasteiger partial charge is 0.362 e. The number of hydrogen-bond donors (Lipinski definition) is 3. The molecule has 1 saturated carbocycles. The van der Waals surface area contributed by atoms with E-state index < -0.39 is 0 Å². The van der Waals surface area contributed by atoms with Crippen molar-refractivity contribution in [2.24, 2.45) is 0 Å². The van der Waals surface area contributed by atoms with Crippen molar-refractivity contribution in [3.8, 4) is 0 Å². The molecule has 2 N–H and O–H groups in total. The van der Waals surface area contributed by atoms with Crippen LogP contribution in [0.1, 0.15) is 36.8 Å². The summed E-state index contributed by atoms with van der Waals surface area (Å²) in [6.07, 6.45) is 3.63. The number of aryl methyl sites for hydroxylation is 1. The van der Waals surface area contributed by atoms with Gasteiger partial charge in [0, 0.05) is 38.1 Å². The minimum absolute atomic E-state index is 0.109. The van der Waals surface area contributed by atoms with Crippen molar-refractivity contribution in [3.05, 3.63) is 59.7 Å². The standard InChI is InChI=1S/C25H32N6OS/c1-17-8-4-5-9-18(17)16-26-25(32)31(33)20-14-12-19(13-15-20)27-24-28-22-11-7-6-10-21(22)23(29-24)30(2)3/h4-11,19-20,33H,12-16H2,1-3H3,(H,26,32)(H,27,28,29). The molecule has 0 aliphatic heterocycles. The van der Waals surface area contributed by atoms with Crippen LogP contribution >= 0.6 is 12.8 Å². The number of nitrogens with one attached hydrogen (secondary N) is 2. The zero-order chi connectivity index (χ0) is 23.4. The summed E-state index contributed by atoms with van der Waals surface area (Å²) in [5.41, 5.74) is 3.22. The van der Waals surface area contributed by atoms with Gasteiger partial charge in [0.25, 0.3) is 0 Å². The van der Waals surface area contributed by atoms with Crippen LogP contribution in [0.4, 0.5) is 16.6 Å². The van der Waals surface area contributed by atoms with Gasteiger partial charge < -0.3 is 15.5 Å². The molecular formula is C25H32N6OS. The number of fused-ring (bicyclic) bond motifs is 1. The Bertz CT molecular complexity index is 1110. The maximum atomic E-state index is 12.6. The van der Waals surface area contributed by atoms with Gasteiger partial charge in [-0.3, -0.25) is 4.31 Å². The van der Waals surface area contributed by atoms with Gasteiger partial charge in [0.15, 0.2) is 0 Å². The minimum atomic E-state index is -0.147. The number of para-hydroxylation sites is 1. The molecule has 2 aromatic carbocycles. The van der Waals surface area contributed by atoms with Gasteiger partial charge in [-0.2, -0.15) is 4.98 Å². The Kier molecular flexibility index (Phi) is 7.23. The van der Waals surface area contributed by atoms with Crippen molar-refractivity contribution in [2.75, 3.05) is 24.3 Å². The van der Waals surface area contributed by atoms with Crippen LogP contribution in [0.25, 0.3) is 10.9 Å². The predicted molar refractivity (Wildman–Crippen MR) is 138 cm³/mol. The molecule has 8 heteroatoms. The molecule has 1 fully saturated rings. The second-order valence-corrected chi connectivity index (χ2v) is 9.29.